The molecule has 3 heterocycles. The summed E-state index contributed by atoms with van der Waals surface area (Å²) < 4.78 is 0. The lowest BCUT2D eigenvalue weighted by molar-refractivity contribution is 0.0786. The number of rotatable bonds is 3. The molecule has 1 aromatic carbocycles. The minimum atomic E-state index is -0.0126. The van der Waals surface area contributed by atoms with Crippen molar-refractivity contribution in [3.8, 4) is 0 Å². The minimum Gasteiger partial charge on any atom is -0.388 e. The highest BCUT2D eigenvalue weighted by atomic mass is 16.2. The summed E-state index contributed by atoms with van der Waals surface area (Å²) in [5.41, 5.74) is 4.49. The van der Waals surface area contributed by atoms with Gasteiger partial charge in [-0.3, -0.25) is 14.9 Å². The average molecular weight is 335 g/mol. The maximum atomic E-state index is 12.9. The Morgan fingerprint density at radius 1 is 1.32 bits per heavy atom. The molecule has 0 aliphatic carbocycles. The number of H-pyrrole nitrogens is 1. The molecule has 1 fully saturated rings. The van der Waals surface area contributed by atoms with Gasteiger partial charge in [-0.2, -0.15) is 5.10 Å². The van der Waals surface area contributed by atoms with Crippen LogP contribution in [0.25, 0.3) is 10.9 Å². The van der Waals surface area contributed by atoms with E-state index in [1.807, 2.05) is 49.2 Å². The molecule has 1 atom stereocenters. The summed E-state index contributed by atoms with van der Waals surface area (Å²) in [5, 5.41) is 11.2. The van der Waals surface area contributed by atoms with Crippen molar-refractivity contribution >= 4 is 22.5 Å². The van der Waals surface area contributed by atoms with Gasteiger partial charge in [-0.05, 0) is 31.5 Å². The number of aryl methyl sites for hydroxylation is 1. The van der Waals surface area contributed by atoms with Gasteiger partial charge < -0.3 is 10.2 Å². The number of aromatic nitrogens is 3. The van der Waals surface area contributed by atoms with Crippen molar-refractivity contribution in [1.29, 1.82) is 0 Å². The molecular weight excluding hydrogens is 314 g/mol. The van der Waals surface area contributed by atoms with E-state index in [0.29, 0.717) is 12.2 Å². The van der Waals surface area contributed by atoms with Gasteiger partial charge in [0.2, 0.25) is 0 Å². The molecule has 6 heteroatoms. The van der Waals surface area contributed by atoms with Crippen LogP contribution in [0.5, 0.6) is 0 Å². The molecule has 4 rings (SSSR count). The van der Waals surface area contributed by atoms with Gasteiger partial charge in [0.1, 0.15) is 0 Å². The van der Waals surface area contributed by atoms with E-state index < -0.39 is 0 Å². The smallest absolute Gasteiger partial charge is 0.275 e. The van der Waals surface area contributed by atoms with Crippen LogP contribution < -0.4 is 5.32 Å². The van der Waals surface area contributed by atoms with Crippen molar-refractivity contribution < 1.29 is 4.79 Å². The van der Waals surface area contributed by atoms with Gasteiger partial charge >= 0.3 is 0 Å². The molecule has 2 aromatic heterocycles. The molecule has 1 saturated heterocycles. The third kappa shape index (κ3) is 2.84. The van der Waals surface area contributed by atoms with Crippen LogP contribution in [0.2, 0.25) is 0 Å². The molecule has 0 saturated carbocycles. The van der Waals surface area contributed by atoms with Crippen LogP contribution in [0, 0.1) is 6.92 Å². The second kappa shape index (κ2) is 6.20. The fourth-order valence-electron chi connectivity index (χ4n) is 3.51. The molecule has 1 aliphatic rings. The van der Waals surface area contributed by atoms with Gasteiger partial charge in [0.25, 0.3) is 5.91 Å². The largest absolute Gasteiger partial charge is 0.388 e. The highest BCUT2D eigenvalue weighted by Gasteiger charge is 2.30. The molecule has 0 spiro atoms. The number of hydrogen-bond acceptors (Lipinski definition) is 4. The zero-order valence-corrected chi connectivity index (χ0v) is 14.4. The number of anilines is 1. The Labute approximate surface area is 146 Å². The quantitative estimate of drug-likeness (QED) is 0.772. The number of hydrogen-bond donors (Lipinski definition) is 2. The van der Waals surface area contributed by atoms with Crippen molar-refractivity contribution in [1.82, 2.24) is 20.1 Å². The summed E-state index contributed by atoms with van der Waals surface area (Å²) in [6.45, 7) is 3.41. The van der Waals surface area contributed by atoms with E-state index in [0.717, 1.165) is 40.9 Å². The number of likely N-dealkylation sites (tertiary alicyclic amines) is 1. The average Bonchev–Trinajstić information content (AvgIpc) is 3.28. The van der Waals surface area contributed by atoms with Crippen LogP contribution in [0.1, 0.15) is 34.2 Å². The topological polar surface area (TPSA) is 73.9 Å². The third-order valence-corrected chi connectivity index (χ3v) is 4.83. The number of pyridine rings is 1. The van der Waals surface area contributed by atoms with E-state index in [4.69, 9.17) is 0 Å². The number of benzene rings is 1. The van der Waals surface area contributed by atoms with Crippen molar-refractivity contribution in [2.45, 2.75) is 19.3 Å². The fourth-order valence-corrected chi connectivity index (χ4v) is 3.51. The Balaban J connectivity index is 1.56. The van der Waals surface area contributed by atoms with E-state index in [2.05, 4.69) is 26.6 Å². The lowest BCUT2D eigenvalue weighted by atomic mass is 10.0. The first kappa shape index (κ1) is 15.6. The first-order valence-corrected chi connectivity index (χ1v) is 8.54. The molecule has 0 radical (unpaired) electrons. The number of nitrogens with zero attached hydrogens (tertiary/aromatic N) is 3. The summed E-state index contributed by atoms with van der Waals surface area (Å²) in [6, 6.07) is 11.8. The summed E-state index contributed by atoms with van der Waals surface area (Å²) in [4.78, 5) is 19.5. The Hall–Kier alpha value is -2.89. The standard InChI is InChI=1S/C19H21N5O/c1-12-9-14(20-2)10-17(21-12)13-7-8-24(11-13)19(25)18-15-5-3-4-6-16(15)22-23-18/h3-6,9-10,13H,7-8,11H2,1-2H3,(H,20,21)(H,22,23)/t13-/m1/s1. The Morgan fingerprint density at radius 3 is 3.00 bits per heavy atom. The Kier molecular flexibility index (Phi) is 3.87. The number of amides is 1. The van der Waals surface area contributed by atoms with Gasteiger partial charge in [0.15, 0.2) is 5.69 Å². The van der Waals surface area contributed by atoms with Crippen molar-refractivity contribution in [2.75, 3.05) is 25.5 Å². The highest BCUT2D eigenvalue weighted by molar-refractivity contribution is 6.04. The summed E-state index contributed by atoms with van der Waals surface area (Å²) in [7, 11) is 1.91. The van der Waals surface area contributed by atoms with Gasteiger partial charge in [-0.1, -0.05) is 18.2 Å². The first-order valence-electron chi connectivity index (χ1n) is 8.54. The predicted molar refractivity (Wildman–Crippen MR) is 97.9 cm³/mol. The lowest BCUT2D eigenvalue weighted by Crippen LogP contribution is -2.29. The van der Waals surface area contributed by atoms with Crippen molar-refractivity contribution in [2.24, 2.45) is 0 Å². The minimum absolute atomic E-state index is 0.0126. The zero-order chi connectivity index (χ0) is 17.4. The normalized spacial score (nSPS) is 17.2. The molecular formula is C19H21N5O. The number of aromatic amines is 1. The first-order chi connectivity index (χ1) is 12.2. The van der Waals surface area contributed by atoms with Gasteiger partial charge in [0.05, 0.1) is 5.52 Å². The summed E-state index contributed by atoms with van der Waals surface area (Å²) in [6.07, 6.45) is 0.924. The van der Waals surface area contributed by atoms with E-state index in [1.165, 1.54) is 0 Å². The maximum Gasteiger partial charge on any atom is 0.275 e. The maximum absolute atomic E-state index is 12.9. The number of fused-ring (bicyclic) bond motifs is 1. The van der Waals surface area contributed by atoms with Crippen molar-refractivity contribution in [3.05, 3.63) is 53.5 Å². The van der Waals surface area contributed by atoms with Crippen LogP contribution in [-0.2, 0) is 0 Å². The van der Waals surface area contributed by atoms with Gasteiger partial charge in [0, 0.05) is 48.5 Å². The zero-order valence-electron chi connectivity index (χ0n) is 14.4. The molecule has 128 valence electrons. The molecule has 3 aromatic rings. The number of carbonyl (C=O) groups excluding carboxylic acids is 1. The second-order valence-corrected chi connectivity index (χ2v) is 6.53. The molecule has 1 amide bonds. The predicted octanol–water partition coefficient (Wildman–Crippen LogP) is 2.94. The van der Waals surface area contributed by atoms with E-state index in [-0.39, 0.29) is 11.8 Å². The number of carbonyl (C=O) groups is 1. The van der Waals surface area contributed by atoms with Crippen LogP contribution in [0.4, 0.5) is 5.69 Å². The number of para-hydroxylation sites is 1. The Bertz CT molecular complexity index is 932. The second-order valence-electron chi connectivity index (χ2n) is 6.53. The SMILES string of the molecule is CNc1cc(C)nc([C@@H]2CCN(C(=O)c3n[nH]c4ccccc34)C2)c1. The van der Waals surface area contributed by atoms with Crippen molar-refractivity contribution in [3.63, 3.8) is 0 Å². The van der Waals surface area contributed by atoms with Gasteiger partial charge in [-0.25, -0.2) is 0 Å². The monoisotopic (exact) mass is 335 g/mol. The van der Waals surface area contributed by atoms with Crippen LogP contribution in [0.15, 0.2) is 36.4 Å². The van der Waals surface area contributed by atoms with E-state index in [9.17, 15) is 4.79 Å². The number of nitrogens with one attached hydrogen (secondary N) is 2. The van der Waals surface area contributed by atoms with E-state index in [1.54, 1.807) is 0 Å². The summed E-state index contributed by atoms with van der Waals surface area (Å²) in [5.74, 6) is 0.252. The lowest BCUT2D eigenvalue weighted by Gasteiger charge is -2.16. The van der Waals surface area contributed by atoms with E-state index >= 15 is 0 Å². The molecule has 25 heavy (non-hydrogen) atoms. The molecule has 0 bridgehead atoms. The molecule has 2 N–H and O–H groups in total. The molecule has 0 unspecified atom stereocenters. The summed E-state index contributed by atoms with van der Waals surface area (Å²) >= 11 is 0. The Morgan fingerprint density at radius 2 is 2.16 bits per heavy atom. The highest BCUT2D eigenvalue weighted by Crippen LogP contribution is 2.29. The van der Waals surface area contributed by atoms with Crippen LogP contribution in [0.3, 0.4) is 0 Å². The fraction of sp³-hybridized carbons (Fsp3) is 0.316. The third-order valence-electron chi connectivity index (χ3n) is 4.83. The molecule has 6 nitrogen and oxygen atoms in total. The van der Waals surface area contributed by atoms with Crippen LogP contribution >= 0.6 is 0 Å². The molecule has 1 aliphatic heterocycles. The van der Waals surface area contributed by atoms with Crippen LogP contribution in [-0.4, -0.2) is 46.1 Å². The van der Waals surface area contributed by atoms with Gasteiger partial charge in [-0.15, -0.1) is 0 Å².